The Morgan fingerprint density at radius 1 is 1.22 bits per heavy atom. The number of halogens is 3. The number of ether oxygens (including phenoxy) is 2. The second-order valence-corrected chi connectivity index (χ2v) is 5.61. The molecule has 142 valence electrons. The largest absolute Gasteiger partial charge is 0.489 e. The van der Waals surface area contributed by atoms with E-state index in [0.717, 1.165) is 12.1 Å². The van der Waals surface area contributed by atoms with Gasteiger partial charge in [0.1, 0.15) is 18.0 Å². The van der Waals surface area contributed by atoms with E-state index in [-0.39, 0.29) is 30.2 Å². The third-order valence-electron chi connectivity index (χ3n) is 3.75. The van der Waals surface area contributed by atoms with Crippen molar-refractivity contribution in [2.24, 2.45) is 0 Å². The molecule has 0 bridgehead atoms. The van der Waals surface area contributed by atoms with Crippen molar-refractivity contribution in [2.75, 3.05) is 25.6 Å². The van der Waals surface area contributed by atoms with Crippen molar-refractivity contribution >= 4 is 17.2 Å². The van der Waals surface area contributed by atoms with Crippen molar-refractivity contribution in [3.8, 4) is 5.75 Å². The lowest BCUT2D eigenvalue weighted by Crippen LogP contribution is -2.15. The number of anilines is 1. The molecule has 27 heavy (non-hydrogen) atoms. The number of benzene rings is 1. The number of imidazole rings is 1. The van der Waals surface area contributed by atoms with E-state index in [9.17, 15) is 18.0 Å². The van der Waals surface area contributed by atoms with Gasteiger partial charge in [0.05, 0.1) is 23.4 Å². The van der Waals surface area contributed by atoms with Crippen molar-refractivity contribution in [1.82, 2.24) is 9.38 Å². The zero-order valence-electron chi connectivity index (χ0n) is 14.3. The summed E-state index contributed by atoms with van der Waals surface area (Å²) in [6.45, 7) is 0.386. The van der Waals surface area contributed by atoms with Gasteiger partial charge in [-0.2, -0.15) is 13.2 Å². The molecule has 0 saturated carbocycles. The maximum Gasteiger partial charge on any atom is 0.416 e. The number of aromatic nitrogens is 2. The fourth-order valence-corrected chi connectivity index (χ4v) is 2.41. The lowest BCUT2D eigenvalue weighted by Gasteiger charge is -2.15. The minimum absolute atomic E-state index is 0.0725. The summed E-state index contributed by atoms with van der Waals surface area (Å²) in [6, 6.07) is 6.09. The molecular weight excluding hydrogens is 363 g/mol. The van der Waals surface area contributed by atoms with E-state index in [4.69, 9.17) is 9.47 Å². The number of fused-ring (bicyclic) bond motifs is 1. The number of hydrogen-bond donors (Lipinski definition) is 1. The van der Waals surface area contributed by atoms with Crippen molar-refractivity contribution in [3.63, 3.8) is 0 Å². The fraction of sp³-hybridized carbons (Fsp3) is 0.222. The molecular formula is C18H16F3N3O3. The molecule has 0 aliphatic heterocycles. The number of pyridine rings is 1. The average molecular weight is 379 g/mol. The van der Waals surface area contributed by atoms with Gasteiger partial charge in [-0.1, -0.05) is 0 Å². The summed E-state index contributed by atoms with van der Waals surface area (Å²) in [4.78, 5) is 16.6. The first kappa shape index (κ1) is 18.7. The highest BCUT2D eigenvalue weighted by Gasteiger charge is 2.31. The number of amides is 1. The first-order chi connectivity index (χ1) is 12.9. The number of methoxy groups -OCH3 is 1. The van der Waals surface area contributed by atoms with Crippen LogP contribution in [0.5, 0.6) is 5.75 Å². The predicted molar refractivity (Wildman–Crippen MR) is 92.0 cm³/mol. The maximum atomic E-state index is 13.0. The van der Waals surface area contributed by atoms with Gasteiger partial charge in [-0.15, -0.1) is 0 Å². The number of hydrogen-bond acceptors (Lipinski definition) is 4. The summed E-state index contributed by atoms with van der Waals surface area (Å²) in [6.07, 6.45) is 0.234. The van der Waals surface area contributed by atoms with Crippen LogP contribution in [0.15, 0.2) is 48.9 Å². The number of alkyl halides is 3. The minimum Gasteiger partial charge on any atom is -0.489 e. The van der Waals surface area contributed by atoms with Crippen LogP contribution in [0.4, 0.5) is 18.9 Å². The Balaban J connectivity index is 1.88. The van der Waals surface area contributed by atoms with Gasteiger partial charge < -0.3 is 19.2 Å². The Morgan fingerprint density at radius 3 is 2.78 bits per heavy atom. The van der Waals surface area contributed by atoms with Crippen LogP contribution >= 0.6 is 0 Å². The highest BCUT2D eigenvalue weighted by molar-refractivity contribution is 6.05. The highest BCUT2D eigenvalue weighted by Crippen LogP contribution is 2.35. The third-order valence-corrected chi connectivity index (χ3v) is 3.75. The van der Waals surface area contributed by atoms with Gasteiger partial charge in [-0.25, -0.2) is 4.98 Å². The second-order valence-electron chi connectivity index (χ2n) is 5.61. The summed E-state index contributed by atoms with van der Waals surface area (Å²) in [5.41, 5.74) is -0.0476. The van der Waals surface area contributed by atoms with Gasteiger partial charge in [-0.05, 0) is 30.3 Å². The quantitative estimate of drug-likeness (QED) is 0.665. The van der Waals surface area contributed by atoms with Crippen LogP contribution in [-0.2, 0) is 10.9 Å². The predicted octanol–water partition coefficient (Wildman–Crippen LogP) is 3.63. The second kappa shape index (κ2) is 7.67. The molecule has 0 radical (unpaired) electrons. The van der Waals surface area contributed by atoms with Gasteiger partial charge >= 0.3 is 6.18 Å². The third kappa shape index (κ3) is 4.37. The first-order valence-electron chi connectivity index (χ1n) is 7.95. The average Bonchev–Trinajstić information content (AvgIpc) is 3.09. The van der Waals surface area contributed by atoms with E-state index in [1.807, 2.05) is 0 Å². The smallest absolute Gasteiger partial charge is 0.416 e. The molecule has 0 unspecified atom stereocenters. The van der Waals surface area contributed by atoms with Crippen LogP contribution in [0.1, 0.15) is 15.9 Å². The molecule has 6 nitrogen and oxygen atoms in total. The Labute approximate surface area is 152 Å². The zero-order chi connectivity index (χ0) is 19.4. The molecule has 0 aliphatic carbocycles. The van der Waals surface area contributed by atoms with Crippen molar-refractivity contribution in [1.29, 1.82) is 0 Å². The van der Waals surface area contributed by atoms with Crippen LogP contribution < -0.4 is 10.1 Å². The maximum absolute atomic E-state index is 13.0. The molecule has 1 amide bonds. The number of nitrogens with zero attached hydrogens (tertiary/aromatic N) is 2. The van der Waals surface area contributed by atoms with E-state index >= 15 is 0 Å². The molecule has 2 aromatic heterocycles. The zero-order valence-corrected chi connectivity index (χ0v) is 14.3. The van der Waals surface area contributed by atoms with Crippen LogP contribution in [0.2, 0.25) is 0 Å². The van der Waals surface area contributed by atoms with E-state index in [2.05, 4.69) is 10.3 Å². The standard InChI is InChI=1S/C18H16F3N3O3/c1-26-8-9-27-15-4-3-13(18(19,20)21)10-14(15)23-17(25)12-2-5-16-22-6-7-24(16)11-12/h2-7,10-11H,8-9H2,1H3,(H,23,25). The summed E-state index contributed by atoms with van der Waals surface area (Å²) >= 11 is 0. The molecule has 1 aromatic carbocycles. The first-order valence-corrected chi connectivity index (χ1v) is 7.95. The van der Waals surface area contributed by atoms with E-state index in [0.29, 0.717) is 5.65 Å². The van der Waals surface area contributed by atoms with Gasteiger partial charge in [0.2, 0.25) is 0 Å². The molecule has 2 heterocycles. The lowest BCUT2D eigenvalue weighted by molar-refractivity contribution is -0.137. The minimum atomic E-state index is -4.54. The molecule has 3 rings (SSSR count). The highest BCUT2D eigenvalue weighted by atomic mass is 19.4. The Kier molecular flexibility index (Phi) is 5.31. The number of nitrogens with one attached hydrogen (secondary N) is 1. The van der Waals surface area contributed by atoms with Crippen LogP contribution in [-0.4, -0.2) is 35.6 Å². The normalized spacial score (nSPS) is 11.6. The van der Waals surface area contributed by atoms with Crippen LogP contribution in [0.25, 0.3) is 5.65 Å². The van der Waals surface area contributed by atoms with Crippen molar-refractivity contribution in [2.45, 2.75) is 6.18 Å². The van der Waals surface area contributed by atoms with Crippen LogP contribution in [0, 0.1) is 0 Å². The van der Waals surface area contributed by atoms with E-state index in [1.54, 1.807) is 22.9 Å². The van der Waals surface area contributed by atoms with E-state index < -0.39 is 17.6 Å². The van der Waals surface area contributed by atoms with Crippen molar-refractivity contribution in [3.05, 3.63) is 60.0 Å². The number of carbonyl (C=O) groups excluding carboxylic acids is 1. The topological polar surface area (TPSA) is 64.9 Å². The lowest BCUT2D eigenvalue weighted by atomic mass is 10.1. The summed E-state index contributed by atoms with van der Waals surface area (Å²) in [7, 11) is 1.48. The van der Waals surface area contributed by atoms with Crippen LogP contribution in [0.3, 0.4) is 0 Å². The molecule has 0 atom stereocenters. The van der Waals surface area contributed by atoms with Gasteiger partial charge in [0, 0.05) is 25.7 Å². The van der Waals surface area contributed by atoms with Gasteiger partial charge in [0.25, 0.3) is 5.91 Å². The molecule has 3 aromatic rings. The summed E-state index contributed by atoms with van der Waals surface area (Å²) < 4.78 is 51.0. The summed E-state index contributed by atoms with van der Waals surface area (Å²) in [5.74, 6) is -0.446. The molecule has 1 N–H and O–H groups in total. The molecule has 0 aliphatic rings. The Morgan fingerprint density at radius 2 is 2.04 bits per heavy atom. The Hall–Kier alpha value is -3.07. The molecule has 9 heteroatoms. The molecule has 0 fully saturated rings. The Bertz CT molecular complexity index is 954. The van der Waals surface area contributed by atoms with Gasteiger partial charge in [0.15, 0.2) is 0 Å². The van der Waals surface area contributed by atoms with Crippen molar-refractivity contribution < 1.29 is 27.4 Å². The SMILES string of the molecule is COCCOc1ccc(C(F)(F)F)cc1NC(=O)c1ccc2nccn2c1. The fourth-order valence-electron chi connectivity index (χ4n) is 2.41. The molecule has 0 spiro atoms. The van der Waals surface area contributed by atoms with E-state index in [1.165, 1.54) is 25.4 Å². The molecule has 0 saturated heterocycles. The summed E-state index contributed by atoms with van der Waals surface area (Å²) in [5, 5.41) is 2.48. The van der Waals surface area contributed by atoms with Gasteiger partial charge in [-0.3, -0.25) is 4.79 Å². The monoisotopic (exact) mass is 379 g/mol. The number of carbonyl (C=O) groups is 1. The number of rotatable bonds is 6.